The summed E-state index contributed by atoms with van der Waals surface area (Å²) in [6.45, 7) is 3.04. The summed E-state index contributed by atoms with van der Waals surface area (Å²) in [6.07, 6.45) is 2.73. The van der Waals surface area contributed by atoms with Crippen molar-refractivity contribution in [2.45, 2.75) is 19.1 Å². The number of ether oxygens (including phenoxy) is 2. The van der Waals surface area contributed by atoms with Crippen LogP contribution in [0.15, 0.2) is 42.7 Å². The number of aliphatic hydroxyl groups is 1. The first-order chi connectivity index (χ1) is 12.1. The highest BCUT2D eigenvalue weighted by Gasteiger charge is 2.34. The smallest absolute Gasteiger partial charge is 0.254 e. The van der Waals surface area contributed by atoms with Crippen molar-refractivity contribution in [2.24, 2.45) is 0 Å². The molecule has 6 nitrogen and oxygen atoms in total. The van der Waals surface area contributed by atoms with E-state index >= 15 is 0 Å². The molecule has 1 fully saturated rings. The van der Waals surface area contributed by atoms with E-state index in [4.69, 9.17) is 9.47 Å². The van der Waals surface area contributed by atoms with Crippen LogP contribution >= 0.6 is 0 Å². The van der Waals surface area contributed by atoms with Gasteiger partial charge in [-0.3, -0.25) is 9.78 Å². The molecule has 1 saturated heterocycles. The number of amides is 1. The number of carbonyl (C=O) groups is 1. The summed E-state index contributed by atoms with van der Waals surface area (Å²) >= 11 is 0. The zero-order valence-electron chi connectivity index (χ0n) is 14.4. The molecule has 2 unspecified atom stereocenters. The molecule has 0 spiro atoms. The summed E-state index contributed by atoms with van der Waals surface area (Å²) in [6, 6.07) is 8.96. The summed E-state index contributed by atoms with van der Waals surface area (Å²) in [4.78, 5) is 18.8. The van der Waals surface area contributed by atoms with Crippen LogP contribution in [0.1, 0.15) is 17.3 Å². The average molecular weight is 342 g/mol. The summed E-state index contributed by atoms with van der Waals surface area (Å²) in [5.41, 5.74) is 2.33. The van der Waals surface area contributed by atoms with Crippen molar-refractivity contribution < 1.29 is 19.4 Å². The van der Waals surface area contributed by atoms with Gasteiger partial charge in [-0.05, 0) is 30.7 Å². The molecule has 2 atom stereocenters. The number of carbonyl (C=O) groups excluding carboxylic acids is 1. The van der Waals surface area contributed by atoms with Crippen molar-refractivity contribution in [3.8, 4) is 16.9 Å². The topological polar surface area (TPSA) is 71.9 Å². The Morgan fingerprint density at radius 1 is 1.32 bits per heavy atom. The van der Waals surface area contributed by atoms with Crippen molar-refractivity contribution in [2.75, 3.05) is 26.9 Å². The Kier molecular flexibility index (Phi) is 5.31. The number of aliphatic hydroxyl groups excluding tert-OH is 1. The summed E-state index contributed by atoms with van der Waals surface area (Å²) in [5, 5.41) is 10.0. The minimum atomic E-state index is -0.644. The van der Waals surface area contributed by atoms with Gasteiger partial charge in [0.1, 0.15) is 5.75 Å². The molecule has 6 heteroatoms. The van der Waals surface area contributed by atoms with Crippen LogP contribution in [0.25, 0.3) is 11.1 Å². The lowest BCUT2D eigenvalue weighted by Crippen LogP contribution is -2.46. The third kappa shape index (κ3) is 3.65. The van der Waals surface area contributed by atoms with E-state index in [1.54, 1.807) is 30.5 Å². The fraction of sp³-hybridized carbons (Fsp3) is 0.368. The number of hydrogen-bond donors (Lipinski definition) is 1. The van der Waals surface area contributed by atoms with Gasteiger partial charge in [0.2, 0.25) is 0 Å². The lowest BCUT2D eigenvalue weighted by atomic mass is 10.0. The minimum Gasteiger partial charge on any atom is -0.495 e. The van der Waals surface area contributed by atoms with Crippen LogP contribution in [0, 0.1) is 0 Å². The molecule has 25 heavy (non-hydrogen) atoms. The number of benzene rings is 1. The third-order valence-corrected chi connectivity index (χ3v) is 4.41. The first-order valence-electron chi connectivity index (χ1n) is 8.30. The van der Waals surface area contributed by atoms with Gasteiger partial charge in [-0.25, -0.2) is 0 Å². The first-order valence-corrected chi connectivity index (χ1v) is 8.30. The molecule has 2 heterocycles. The van der Waals surface area contributed by atoms with Gasteiger partial charge >= 0.3 is 0 Å². The van der Waals surface area contributed by atoms with Gasteiger partial charge in [0.25, 0.3) is 5.91 Å². The maximum Gasteiger partial charge on any atom is 0.254 e. The number of nitrogens with zero attached hydrogens (tertiary/aromatic N) is 2. The molecule has 1 aromatic carbocycles. The summed E-state index contributed by atoms with van der Waals surface area (Å²) < 4.78 is 10.5. The standard InChI is InChI=1S/C19H22N2O4/c1-3-21(17-11-25-12-18(17)22)19(23)14-6-4-5-13(7-14)15-8-16(24-2)10-20-9-15/h4-10,17-18,22H,3,11-12H2,1-2H3. The number of rotatable bonds is 5. The van der Waals surface area contributed by atoms with Crippen LogP contribution in [0.3, 0.4) is 0 Å². The molecule has 1 N–H and O–H groups in total. The molecule has 1 aromatic heterocycles. The lowest BCUT2D eigenvalue weighted by Gasteiger charge is -2.29. The van der Waals surface area contributed by atoms with Crippen LogP contribution in [-0.2, 0) is 4.74 Å². The van der Waals surface area contributed by atoms with Crippen molar-refractivity contribution in [1.29, 1.82) is 0 Å². The molecule has 0 bridgehead atoms. The van der Waals surface area contributed by atoms with Crippen LogP contribution in [0.2, 0.25) is 0 Å². The molecular formula is C19H22N2O4. The number of methoxy groups -OCH3 is 1. The van der Waals surface area contributed by atoms with Gasteiger partial charge in [0, 0.05) is 23.9 Å². The number of aromatic nitrogens is 1. The van der Waals surface area contributed by atoms with E-state index < -0.39 is 6.10 Å². The fourth-order valence-corrected chi connectivity index (χ4v) is 3.04. The van der Waals surface area contributed by atoms with Gasteiger partial charge in [-0.15, -0.1) is 0 Å². The van der Waals surface area contributed by atoms with Crippen LogP contribution in [-0.4, -0.2) is 59.9 Å². The lowest BCUT2D eigenvalue weighted by molar-refractivity contribution is 0.0520. The van der Waals surface area contributed by atoms with E-state index in [0.717, 1.165) is 11.1 Å². The highest BCUT2D eigenvalue weighted by Crippen LogP contribution is 2.24. The fourth-order valence-electron chi connectivity index (χ4n) is 3.04. The molecular weight excluding hydrogens is 320 g/mol. The predicted molar refractivity (Wildman–Crippen MR) is 93.5 cm³/mol. The normalized spacial score (nSPS) is 19.6. The molecule has 132 valence electrons. The van der Waals surface area contributed by atoms with Crippen molar-refractivity contribution in [3.05, 3.63) is 48.3 Å². The second-order valence-corrected chi connectivity index (χ2v) is 5.96. The van der Waals surface area contributed by atoms with E-state index in [1.807, 2.05) is 31.2 Å². The van der Waals surface area contributed by atoms with E-state index in [-0.39, 0.29) is 18.6 Å². The van der Waals surface area contributed by atoms with E-state index in [2.05, 4.69) is 4.98 Å². The Balaban J connectivity index is 1.88. The second-order valence-electron chi connectivity index (χ2n) is 5.96. The maximum atomic E-state index is 12.9. The summed E-state index contributed by atoms with van der Waals surface area (Å²) in [5.74, 6) is 0.547. The molecule has 1 aliphatic rings. The molecule has 0 radical (unpaired) electrons. The van der Waals surface area contributed by atoms with Crippen molar-refractivity contribution >= 4 is 5.91 Å². The average Bonchev–Trinajstić information content (AvgIpc) is 3.08. The molecule has 2 aromatic rings. The molecule has 1 aliphatic heterocycles. The zero-order chi connectivity index (χ0) is 17.8. The van der Waals surface area contributed by atoms with Gasteiger partial charge in [-0.1, -0.05) is 12.1 Å². The van der Waals surface area contributed by atoms with Crippen molar-refractivity contribution in [3.63, 3.8) is 0 Å². The minimum absolute atomic E-state index is 0.116. The Bertz CT molecular complexity index is 750. The van der Waals surface area contributed by atoms with Gasteiger partial charge in [0.05, 0.1) is 38.7 Å². The maximum absolute atomic E-state index is 12.9. The summed E-state index contributed by atoms with van der Waals surface area (Å²) in [7, 11) is 1.59. The van der Waals surface area contributed by atoms with Gasteiger partial charge < -0.3 is 19.5 Å². The van der Waals surface area contributed by atoms with E-state index in [9.17, 15) is 9.90 Å². The molecule has 0 aliphatic carbocycles. The highest BCUT2D eigenvalue weighted by atomic mass is 16.5. The quantitative estimate of drug-likeness (QED) is 0.900. The molecule has 3 rings (SSSR count). The van der Waals surface area contributed by atoms with Crippen molar-refractivity contribution in [1.82, 2.24) is 9.88 Å². The van der Waals surface area contributed by atoms with E-state index in [1.165, 1.54) is 0 Å². The van der Waals surface area contributed by atoms with E-state index in [0.29, 0.717) is 24.5 Å². The van der Waals surface area contributed by atoms with Gasteiger partial charge in [-0.2, -0.15) is 0 Å². The van der Waals surface area contributed by atoms with Crippen LogP contribution in [0.4, 0.5) is 0 Å². The van der Waals surface area contributed by atoms with Gasteiger partial charge in [0.15, 0.2) is 0 Å². The first kappa shape index (κ1) is 17.4. The Labute approximate surface area is 147 Å². The number of likely N-dealkylation sites (N-methyl/N-ethyl adjacent to an activating group) is 1. The monoisotopic (exact) mass is 342 g/mol. The number of hydrogen-bond acceptors (Lipinski definition) is 5. The number of pyridine rings is 1. The zero-order valence-corrected chi connectivity index (χ0v) is 14.4. The Hall–Kier alpha value is -2.44. The Morgan fingerprint density at radius 3 is 2.84 bits per heavy atom. The van der Waals surface area contributed by atoms with Crippen LogP contribution < -0.4 is 4.74 Å². The third-order valence-electron chi connectivity index (χ3n) is 4.41. The second kappa shape index (κ2) is 7.63. The van der Waals surface area contributed by atoms with Crippen LogP contribution in [0.5, 0.6) is 5.75 Å². The predicted octanol–water partition coefficient (Wildman–Crippen LogP) is 1.98. The largest absolute Gasteiger partial charge is 0.495 e. The Morgan fingerprint density at radius 2 is 2.16 bits per heavy atom. The molecule has 1 amide bonds. The molecule has 0 saturated carbocycles. The highest BCUT2D eigenvalue weighted by molar-refractivity contribution is 5.95. The SMILES string of the molecule is CCN(C(=O)c1cccc(-c2cncc(OC)c2)c1)C1COCC1O.